The molecule has 0 radical (unpaired) electrons. The van der Waals surface area contributed by atoms with Crippen molar-refractivity contribution in [2.75, 3.05) is 0 Å². The molecule has 0 fully saturated rings. The first kappa shape index (κ1) is 11.3. The third-order valence-electron chi connectivity index (χ3n) is 2.97. The van der Waals surface area contributed by atoms with Crippen LogP contribution >= 0.6 is 0 Å². The van der Waals surface area contributed by atoms with Gasteiger partial charge in [0.2, 0.25) is 0 Å². The smallest absolute Gasteiger partial charge is 0.195 e. The highest BCUT2D eigenvalue weighted by molar-refractivity contribution is 7.66. The maximum atomic E-state index is 14.1. The summed E-state index contributed by atoms with van der Waals surface area (Å²) in [4.78, 5) is 4.25. The molecule has 1 aromatic carbocycles. The maximum Gasteiger partial charge on any atom is 0.195 e. The van der Waals surface area contributed by atoms with Gasteiger partial charge in [-0.2, -0.15) is 5.10 Å². The molecule has 0 saturated heterocycles. The SMILES string of the molecule is Cc1nc2n(n1)[C@@H](c1ccccc1)C(=S=O)[C@H]2F. The molecule has 1 aliphatic heterocycles. The lowest BCUT2D eigenvalue weighted by atomic mass is 10.0. The van der Waals surface area contributed by atoms with Crippen LogP contribution in [0.2, 0.25) is 0 Å². The van der Waals surface area contributed by atoms with E-state index >= 15 is 0 Å². The van der Waals surface area contributed by atoms with E-state index in [4.69, 9.17) is 0 Å². The predicted molar refractivity (Wildman–Crippen MR) is 66.3 cm³/mol. The number of rotatable bonds is 1. The zero-order chi connectivity index (χ0) is 12.7. The molecule has 2 heterocycles. The Balaban J connectivity index is 2.21. The van der Waals surface area contributed by atoms with E-state index in [0.29, 0.717) is 5.82 Å². The number of nitrogens with zero attached hydrogens (tertiary/aromatic N) is 3. The van der Waals surface area contributed by atoms with Gasteiger partial charge in [-0.05, 0) is 12.5 Å². The minimum absolute atomic E-state index is 0.201. The standard InChI is InChI=1S/C12H10FN3OS/c1-7-14-12-9(13)11(18-17)10(16(12)15-7)8-5-3-2-4-6-8/h2-6,9-10H,1H3/t9-,10+/m1/s1. The summed E-state index contributed by atoms with van der Waals surface area (Å²) >= 11 is 0.201. The first-order valence-electron chi connectivity index (χ1n) is 5.51. The monoisotopic (exact) mass is 263 g/mol. The van der Waals surface area contributed by atoms with E-state index < -0.39 is 12.2 Å². The number of fused-ring (bicyclic) bond motifs is 1. The molecular weight excluding hydrogens is 253 g/mol. The summed E-state index contributed by atoms with van der Waals surface area (Å²) < 4.78 is 26.8. The Morgan fingerprint density at radius 1 is 1.33 bits per heavy atom. The number of alkyl halides is 1. The fourth-order valence-corrected chi connectivity index (χ4v) is 2.74. The molecule has 92 valence electrons. The van der Waals surface area contributed by atoms with Crippen molar-refractivity contribution in [1.29, 1.82) is 0 Å². The topological polar surface area (TPSA) is 47.8 Å². The van der Waals surface area contributed by atoms with Crippen molar-refractivity contribution in [2.24, 2.45) is 0 Å². The van der Waals surface area contributed by atoms with Crippen LogP contribution in [0.3, 0.4) is 0 Å². The lowest BCUT2D eigenvalue weighted by molar-refractivity contribution is 0.431. The van der Waals surface area contributed by atoms with Crippen molar-refractivity contribution in [2.45, 2.75) is 19.1 Å². The highest BCUT2D eigenvalue weighted by Gasteiger charge is 2.41. The average molecular weight is 263 g/mol. The Morgan fingerprint density at radius 3 is 2.72 bits per heavy atom. The van der Waals surface area contributed by atoms with Gasteiger partial charge in [0.05, 0.1) is 16.1 Å². The zero-order valence-corrected chi connectivity index (χ0v) is 10.4. The largest absolute Gasteiger partial charge is 0.234 e. The third kappa shape index (κ3) is 1.53. The van der Waals surface area contributed by atoms with E-state index in [-0.39, 0.29) is 21.9 Å². The quantitative estimate of drug-likeness (QED) is 0.734. The van der Waals surface area contributed by atoms with Crippen LogP contribution in [0.25, 0.3) is 0 Å². The third-order valence-corrected chi connectivity index (χ3v) is 3.59. The van der Waals surface area contributed by atoms with Crippen LogP contribution in [-0.2, 0) is 11.3 Å². The zero-order valence-electron chi connectivity index (χ0n) is 9.58. The fraction of sp³-hybridized carbons (Fsp3) is 0.250. The molecule has 0 aliphatic carbocycles. The summed E-state index contributed by atoms with van der Waals surface area (Å²) in [7, 11) is 0. The predicted octanol–water partition coefficient (Wildman–Crippen LogP) is 1.59. The Bertz CT molecular complexity index is 649. The molecule has 4 nitrogen and oxygen atoms in total. The van der Waals surface area contributed by atoms with Crippen LogP contribution in [0.1, 0.15) is 29.4 Å². The van der Waals surface area contributed by atoms with Crippen molar-refractivity contribution in [3.05, 3.63) is 47.5 Å². The molecule has 3 rings (SSSR count). The maximum absolute atomic E-state index is 14.1. The molecule has 1 aromatic heterocycles. The van der Waals surface area contributed by atoms with E-state index in [2.05, 4.69) is 10.1 Å². The summed E-state index contributed by atoms with van der Waals surface area (Å²) in [5.74, 6) is 0.739. The Morgan fingerprint density at radius 2 is 2.06 bits per heavy atom. The summed E-state index contributed by atoms with van der Waals surface area (Å²) in [5.41, 5.74) is 0.849. The highest BCUT2D eigenvalue weighted by atomic mass is 32.1. The van der Waals surface area contributed by atoms with E-state index in [1.54, 1.807) is 6.92 Å². The number of benzene rings is 1. The van der Waals surface area contributed by atoms with E-state index in [9.17, 15) is 8.60 Å². The molecule has 6 heteroatoms. The van der Waals surface area contributed by atoms with Gasteiger partial charge in [-0.1, -0.05) is 30.3 Å². The second-order valence-electron chi connectivity index (χ2n) is 4.12. The van der Waals surface area contributed by atoms with E-state index in [1.807, 2.05) is 30.3 Å². The van der Waals surface area contributed by atoms with Crippen molar-refractivity contribution in [3.63, 3.8) is 0 Å². The summed E-state index contributed by atoms with van der Waals surface area (Å²) in [5, 5.41) is 4.19. The second-order valence-corrected chi connectivity index (χ2v) is 4.76. The number of aryl methyl sites for hydroxylation is 1. The molecule has 0 bridgehead atoms. The Hall–Kier alpha value is -1.82. The summed E-state index contributed by atoms with van der Waals surface area (Å²) in [6.07, 6.45) is -1.45. The number of halogens is 1. The van der Waals surface area contributed by atoms with Crippen LogP contribution in [-0.4, -0.2) is 23.8 Å². The Kier molecular flexibility index (Phi) is 2.59. The second kappa shape index (κ2) is 4.13. The van der Waals surface area contributed by atoms with E-state index in [1.165, 1.54) is 4.68 Å². The molecule has 0 unspecified atom stereocenters. The van der Waals surface area contributed by atoms with Gasteiger partial charge in [0.1, 0.15) is 11.9 Å². The van der Waals surface area contributed by atoms with Gasteiger partial charge in [-0.15, -0.1) is 0 Å². The fourth-order valence-electron chi connectivity index (χ4n) is 2.22. The normalized spacial score (nSPS) is 22.0. The van der Waals surface area contributed by atoms with Gasteiger partial charge in [0.25, 0.3) is 0 Å². The number of aromatic nitrogens is 3. The molecule has 2 aromatic rings. The van der Waals surface area contributed by atoms with Crippen LogP contribution in [0.4, 0.5) is 4.39 Å². The lowest BCUT2D eigenvalue weighted by Gasteiger charge is -2.11. The molecule has 0 saturated carbocycles. The van der Waals surface area contributed by atoms with Crippen LogP contribution in [0.15, 0.2) is 30.3 Å². The Labute approximate surface area is 107 Å². The molecule has 0 amide bonds. The van der Waals surface area contributed by atoms with Gasteiger partial charge in [-0.25, -0.2) is 18.3 Å². The van der Waals surface area contributed by atoms with Crippen molar-refractivity contribution >= 4 is 16.1 Å². The first-order valence-corrected chi connectivity index (χ1v) is 6.25. The van der Waals surface area contributed by atoms with Gasteiger partial charge in [0, 0.05) is 0 Å². The van der Waals surface area contributed by atoms with Crippen molar-refractivity contribution in [1.82, 2.24) is 14.8 Å². The molecule has 1 aliphatic rings. The van der Waals surface area contributed by atoms with Gasteiger partial charge in [0.15, 0.2) is 12.0 Å². The number of hydrogen-bond donors (Lipinski definition) is 0. The van der Waals surface area contributed by atoms with Gasteiger partial charge in [-0.3, -0.25) is 0 Å². The minimum Gasteiger partial charge on any atom is -0.234 e. The molecule has 18 heavy (non-hydrogen) atoms. The van der Waals surface area contributed by atoms with Crippen LogP contribution in [0, 0.1) is 6.92 Å². The van der Waals surface area contributed by atoms with Crippen LogP contribution in [0.5, 0.6) is 0 Å². The molecule has 2 atom stereocenters. The highest BCUT2D eigenvalue weighted by Crippen LogP contribution is 2.36. The van der Waals surface area contributed by atoms with Crippen molar-refractivity contribution in [3.8, 4) is 0 Å². The minimum atomic E-state index is -1.45. The van der Waals surface area contributed by atoms with Gasteiger partial charge < -0.3 is 0 Å². The first-order chi connectivity index (χ1) is 8.72. The summed E-state index contributed by atoms with van der Waals surface area (Å²) in [6.45, 7) is 1.71. The molecule has 0 spiro atoms. The molecular formula is C12H10FN3OS. The van der Waals surface area contributed by atoms with Crippen LogP contribution < -0.4 is 0 Å². The van der Waals surface area contributed by atoms with E-state index in [0.717, 1.165) is 5.56 Å². The lowest BCUT2D eigenvalue weighted by Crippen LogP contribution is -2.16. The van der Waals surface area contributed by atoms with Crippen molar-refractivity contribution < 1.29 is 8.60 Å². The average Bonchev–Trinajstić information content (AvgIpc) is 2.87. The molecule has 0 N–H and O–H groups in total. The van der Waals surface area contributed by atoms with Gasteiger partial charge >= 0.3 is 0 Å². The number of hydrogen-bond acceptors (Lipinski definition) is 3. The summed E-state index contributed by atoms with van der Waals surface area (Å²) in [6, 6.07) is 8.86.